The standard InChI is InChI=1S/C39H41N3.2ClH.Zr/c1-26(2)32-19-13-20-33(27(3)4)39(32)40-25-31-16-12-21-36(41-31)34-17-10-11-18-35(34)38(30-14-8-7-9-15-30)42-37-24-28(5)22-23-29(37)6;;;/h7-24,26-27,38H,25H2,1-6H3;2*1H;/q-2;;;+4/p-2. The van der Waals surface area contributed by atoms with Crippen molar-refractivity contribution in [1.29, 1.82) is 0 Å². The third-order valence-electron chi connectivity index (χ3n) is 7.83. The van der Waals surface area contributed by atoms with E-state index in [-0.39, 0.29) is 6.04 Å². The van der Waals surface area contributed by atoms with Gasteiger partial charge in [0, 0.05) is 11.3 Å². The molecule has 0 saturated heterocycles. The molecule has 0 saturated carbocycles. The number of aromatic nitrogens is 1. The first-order chi connectivity index (χ1) is 21.7. The Morgan fingerprint density at radius 3 is 1.96 bits per heavy atom. The summed E-state index contributed by atoms with van der Waals surface area (Å²) in [5.41, 5.74) is 12.4. The Balaban J connectivity index is 0.00000148. The zero-order valence-electron chi connectivity index (χ0n) is 26.9. The first kappa shape index (κ1) is 35.0. The van der Waals surface area contributed by atoms with Crippen LogP contribution in [0.4, 0.5) is 11.4 Å². The van der Waals surface area contributed by atoms with Crippen LogP contribution in [0.25, 0.3) is 21.9 Å². The van der Waals surface area contributed by atoms with Crippen LogP contribution < -0.4 is 0 Å². The van der Waals surface area contributed by atoms with Crippen LogP contribution in [-0.4, -0.2) is 4.98 Å². The summed E-state index contributed by atoms with van der Waals surface area (Å²) < 4.78 is 0. The van der Waals surface area contributed by atoms with E-state index in [1.807, 2.05) is 0 Å². The number of aryl methyl sites for hydroxylation is 2. The Morgan fingerprint density at radius 2 is 1.29 bits per heavy atom. The molecular formula is C39H41Cl2N3Zr. The van der Waals surface area contributed by atoms with Crippen molar-refractivity contribution >= 4 is 28.4 Å². The van der Waals surface area contributed by atoms with Crippen molar-refractivity contribution < 1.29 is 20.8 Å². The monoisotopic (exact) mass is 711 g/mol. The molecule has 1 heterocycles. The van der Waals surface area contributed by atoms with Crippen LogP contribution >= 0.6 is 17.0 Å². The second-order valence-electron chi connectivity index (χ2n) is 11.8. The van der Waals surface area contributed by atoms with Gasteiger partial charge in [0.15, 0.2) is 0 Å². The Hall–Kier alpha value is -2.91. The summed E-state index contributed by atoms with van der Waals surface area (Å²) >= 11 is -0.826. The molecule has 0 aliphatic rings. The molecule has 1 atom stereocenters. The Morgan fingerprint density at radius 1 is 0.689 bits per heavy atom. The van der Waals surface area contributed by atoms with Gasteiger partial charge in [0.05, 0.1) is 5.69 Å². The van der Waals surface area contributed by atoms with E-state index in [9.17, 15) is 0 Å². The van der Waals surface area contributed by atoms with Crippen LogP contribution in [0.3, 0.4) is 0 Å². The summed E-state index contributed by atoms with van der Waals surface area (Å²) in [6, 6.07) is 38.3. The summed E-state index contributed by atoms with van der Waals surface area (Å²) in [7, 11) is 9.87. The van der Waals surface area contributed by atoms with Crippen molar-refractivity contribution in [2.75, 3.05) is 0 Å². The van der Waals surface area contributed by atoms with Crippen molar-refractivity contribution in [2.24, 2.45) is 0 Å². The second kappa shape index (κ2) is 17.1. The van der Waals surface area contributed by atoms with Crippen molar-refractivity contribution in [3.63, 3.8) is 0 Å². The van der Waals surface area contributed by atoms with Gasteiger partial charge >= 0.3 is 37.9 Å². The average molecular weight is 714 g/mol. The zero-order valence-corrected chi connectivity index (χ0v) is 30.9. The predicted molar refractivity (Wildman–Crippen MR) is 190 cm³/mol. The molecule has 5 rings (SSSR count). The van der Waals surface area contributed by atoms with Gasteiger partial charge in [-0.25, -0.2) is 0 Å². The molecule has 3 nitrogen and oxygen atoms in total. The fourth-order valence-corrected chi connectivity index (χ4v) is 5.50. The number of benzene rings is 4. The van der Waals surface area contributed by atoms with Crippen LogP contribution in [0.1, 0.15) is 84.6 Å². The van der Waals surface area contributed by atoms with Crippen molar-refractivity contribution in [3.8, 4) is 11.3 Å². The fraction of sp³-hybridized carbons (Fsp3) is 0.256. The Labute approximate surface area is 288 Å². The van der Waals surface area contributed by atoms with E-state index in [0.29, 0.717) is 18.4 Å². The van der Waals surface area contributed by atoms with Crippen LogP contribution in [0.15, 0.2) is 109 Å². The number of hydrogen-bond donors (Lipinski definition) is 0. The van der Waals surface area contributed by atoms with E-state index in [0.717, 1.165) is 39.5 Å². The van der Waals surface area contributed by atoms with E-state index in [2.05, 4.69) is 151 Å². The molecule has 0 bridgehead atoms. The summed E-state index contributed by atoms with van der Waals surface area (Å²) in [6.07, 6.45) is 0. The molecule has 0 spiro atoms. The summed E-state index contributed by atoms with van der Waals surface area (Å²) in [4.78, 5) is 5.15. The zero-order chi connectivity index (χ0) is 32.3. The molecule has 0 aliphatic heterocycles. The van der Waals surface area contributed by atoms with E-state index in [1.165, 1.54) is 22.3 Å². The van der Waals surface area contributed by atoms with E-state index in [4.69, 9.17) is 32.6 Å². The maximum absolute atomic E-state index is 5.35. The molecule has 0 N–H and O–H groups in total. The number of rotatable bonds is 10. The number of pyridine rings is 1. The van der Waals surface area contributed by atoms with Gasteiger partial charge in [0.1, 0.15) is 0 Å². The topological polar surface area (TPSA) is 41.1 Å². The molecule has 45 heavy (non-hydrogen) atoms. The van der Waals surface area contributed by atoms with Crippen LogP contribution in [0.2, 0.25) is 0 Å². The average Bonchev–Trinajstić information content (AvgIpc) is 3.05. The first-order valence-corrected chi connectivity index (χ1v) is 21.7. The van der Waals surface area contributed by atoms with Gasteiger partial charge in [0.25, 0.3) is 0 Å². The molecule has 230 valence electrons. The molecule has 1 aromatic heterocycles. The van der Waals surface area contributed by atoms with Crippen molar-refractivity contribution in [2.45, 2.75) is 66.0 Å². The fourth-order valence-electron chi connectivity index (χ4n) is 5.50. The SMILES string of the molecule is Cc1ccc(C)c([N-]C(c2ccccc2)c2ccccc2-c2cccc(C[N-]c3c(C(C)C)cccc3C(C)C)n2)c1.[Cl][Zr+2][Cl]. The summed E-state index contributed by atoms with van der Waals surface area (Å²) in [5.74, 6) is 0.814. The van der Waals surface area contributed by atoms with E-state index < -0.39 is 20.8 Å². The van der Waals surface area contributed by atoms with Crippen molar-refractivity contribution in [3.05, 3.63) is 159 Å². The van der Waals surface area contributed by atoms with E-state index in [1.54, 1.807) is 0 Å². The summed E-state index contributed by atoms with van der Waals surface area (Å²) in [5, 5.41) is 10.5. The van der Waals surface area contributed by atoms with Gasteiger partial charge in [-0.1, -0.05) is 165 Å². The molecule has 0 aliphatic carbocycles. The van der Waals surface area contributed by atoms with Crippen LogP contribution in [0.5, 0.6) is 0 Å². The number of nitrogens with zero attached hydrogens (tertiary/aromatic N) is 3. The predicted octanol–water partition coefficient (Wildman–Crippen LogP) is 13.0. The second-order valence-corrected chi connectivity index (χ2v) is 15.5. The van der Waals surface area contributed by atoms with Gasteiger partial charge < -0.3 is 10.6 Å². The van der Waals surface area contributed by atoms with Gasteiger partial charge in [-0.05, 0) is 43.4 Å². The normalized spacial score (nSPS) is 11.4. The van der Waals surface area contributed by atoms with Gasteiger partial charge in [-0.15, -0.1) is 11.4 Å². The Kier molecular flexibility index (Phi) is 13.3. The minimum absolute atomic E-state index is 0.162. The van der Waals surface area contributed by atoms with Crippen LogP contribution in [-0.2, 0) is 27.4 Å². The third-order valence-corrected chi connectivity index (χ3v) is 7.83. The van der Waals surface area contributed by atoms with Gasteiger partial charge in [0.2, 0.25) is 0 Å². The third kappa shape index (κ3) is 9.32. The quantitative estimate of drug-likeness (QED) is 0.142. The van der Waals surface area contributed by atoms with E-state index >= 15 is 0 Å². The molecular weight excluding hydrogens is 673 g/mol. The molecule has 0 fully saturated rings. The number of hydrogen-bond acceptors (Lipinski definition) is 1. The minimum atomic E-state index is -0.826. The van der Waals surface area contributed by atoms with Gasteiger partial charge in [-0.2, -0.15) is 0 Å². The first-order valence-electron chi connectivity index (χ1n) is 15.4. The molecule has 0 radical (unpaired) electrons. The maximum atomic E-state index is 5.35. The van der Waals surface area contributed by atoms with Crippen LogP contribution in [0, 0.1) is 13.8 Å². The molecule has 6 heteroatoms. The Bertz CT molecular complexity index is 1640. The molecule has 0 amide bonds. The summed E-state index contributed by atoms with van der Waals surface area (Å²) in [6.45, 7) is 13.7. The van der Waals surface area contributed by atoms with Gasteiger partial charge in [-0.3, -0.25) is 4.98 Å². The van der Waals surface area contributed by atoms with Crippen molar-refractivity contribution in [1.82, 2.24) is 4.98 Å². The molecule has 5 aromatic rings. The molecule has 1 unspecified atom stereocenters. The number of para-hydroxylation sites is 1. The number of halogens is 2. The molecule has 4 aromatic carbocycles.